The van der Waals surface area contributed by atoms with Gasteiger partial charge in [-0.15, -0.1) is 11.3 Å². The molecule has 0 saturated carbocycles. The number of nitrogens with one attached hydrogen (secondary N) is 1. The number of amides is 1. The number of ether oxygens (including phenoxy) is 2. The summed E-state index contributed by atoms with van der Waals surface area (Å²) in [6.45, 7) is 5.07. The minimum absolute atomic E-state index is 0.108. The fourth-order valence-electron chi connectivity index (χ4n) is 3.34. The van der Waals surface area contributed by atoms with E-state index in [9.17, 15) is 13.2 Å². The van der Waals surface area contributed by atoms with Crippen LogP contribution in [0.15, 0.2) is 53.4 Å². The number of nitrogens with zero attached hydrogens (tertiary/aromatic N) is 1. The zero-order valence-corrected chi connectivity index (χ0v) is 19.0. The van der Waals surface area contributed by atoms with Gasteiger partial charge in [0, 0.05) is 17.8 Å². The predicted molar refractivity (Wildman–Crippen MR) is 122 cm³/mol. The summed E-state index contributed by atoms with van der Waals surface area (Å²) in [4.78, 5) is 13.6. The van der Waals surface area contributed by atoms with E-state index in [1.807, 2.05) is 44.2 Å². The summed E-state index contributed by atoms with van der Waals surface area (Å²) in [6.07, 6.45) is -0.137. The third kappa shape index (κ3) is 4.74. The van der Waals surface area contributed by atoms with Gasteiger partial charge < -0.3 is 14.8 Å². The van der Waals surface area contributed by atoms with Crippen LogP contribution in [0.2, 0.25) is 0 Å². The zero-order chi connectivity index (χ0) is 22.0. The Morgan fingerprint density at radius 2 is 1.87 bits per heavy atom. The van der Waals surface area contributed by atoms with Gasteiger partial charge in [0.1, 0.15) is 5.75 Å². The largest absolute Gasteiger partial charge is 0.489 e. The minimum atomic E-state index is -3.70. The van der Waals surface area contributed by atoms with Crippen molar-refractivity contribution in [2.75, 3.05) is 31.6 Å². The number of anilines is 1. The van der Waals surface area contributed by atoms with Gasteiger partial charge in [-0.25, -0.2) is 8.42 Å². The predicted octanol–water partition coefficient (Wildman–Crippen LogP) is 3.96. The highest BCUT2D eigenvalue weighted by Crippen LogP contribution is 2.32. The summed E-state index contributed by atoms with van der Waals surface area (Å²) in [5.74, 6) is 0.112. The Labute approximate surface area is 185 Å². The Hall–Kier alpha value is -2.46. The molecule has 4 rings (SSSR count). The maximum absolute atomic E-state index is 13.1. The number of carbonyl (C=O) groups excluding carboxylic acids is 1. The van der Waals surface area contributed by atoms with Crippen LogP contribution >= 0.6 is 11.3 Å². The molecule has 1 aliphatic heterocycles. The molecule has 0 radical (unpaired) electrons. The van der Waals surface area contributed by atoms with E-state index in [2.05, 4.69) is 5.32 Å². The molecular formula is C22H24N2O5S2. The van der Waals surface area contributed by atoms with Crippen molar-refractivity contribution >= 4 is 43.0 Å². The molecule has 1 saturated heterocycles. The Bertz CT molecular complexity index is 1160. The molecule has 1 N–H and O–H groups in total. The highest BCUT2D eigenvalue weighted by Gasteiger charge is 2.27. The monoisotopic (exact) mass is 460 g/mol. The number of hydrogen-bond donors (Lipinski definition) is 1. The molecule has 2 heterocycles. The van der Waals surface area contributed by atoms with E-state index in [0.717, 1.165) is 10.1 Å². The van der Waals surface area contributed by atoms with Crippen LogP contribution in [0.4, 0.5) is 5.69 Å². The standard InChI is InChI=1S/C22H24N2O5S2/c1-15(2)29-19-8-7-17(31(26,27)24-9-11-28-12-10-24)14-18(19)23-22(25)21-13-16-5-3-4-6-20(16)30-21/h3-8,13-15H,9-12H2,1-2H3,(H,23,25). The Kier molecular flexibility index (Phi) is 6.29. The van der Waals surface area contributed by atoms with E-state index in [0.29, 0.717) is 42.6 Å². The Morgan fingerprint density at radius 1 is 1.13 bits per heavy atom. The van der Waals surface area contributed by atoms with Crippen molar-refractivity contribution in [3.8, 4) is 5.75 Å². The number of sulfonamides is 1. The van der Waals surface area contributed by atoms with Crippen LogP contribution in [-0.2, 0) is 14.8 Å². The molecule has 0 aliphatic carbocycles. The van der Waals surface area contributed by atoms with E-state index in [1.165, 1.54) is 27.8 Å². The van der Waals surface area contributed by atoms with E-state index >= 15 is 0 Å². The second-order valence-electron chi connectivity index (χ2n) is 7.44. The molecule has 3 aromatic rings. The summed E-state index contributed by atoms with van der Waals surface area (Å²) in [5.41, 5.74) is 0.325. The summed E-state index contributed by atoms with van der Waals surface area (Å²) >= 11 is 1.38. The van der Waals surface area contributed by atoms with Crippen molar-refractivity contribution in [1.82, 2.24) is 4.31 Å². The van der Waals surface area contributed by atoms with Crippen LogP contribution < -0.4 is 10.1 Å². The highest BCUT2D eigenvalue weighted by atomic mass is 32.2. The maximum atomic E-state index is 13.1. The SMILES string of the molecule is CC(C)Oc1ccc(S(=O)(=O)N2CCOCC2)cc1NC(=O)c1cc2ccccc2s1. The molecule has 1 amide bonds. The normalized spacial score (nSPS) is 15.3. The molecule has 1 aromatic heterocycles. The van der Waals surface area contributed by atoms with Crippen molar-refractivity contribution in [1.29, 1.82) is 0 Å². The van der Waals surface area contributed by atoms with Crippen LogP contribution in [0.1, 0.15) is 23.5 Å². The zero-order valence-electron chi connectivity index (χ0n) is 17.3. The number of rotatable bonds is 6. The van der Waals surface area contributed by atoms with Crippen molar-refractivity contribution in [2.24, 2.45) is 0 Å². The van der Waals surface area contributed by atoms with Crippen molar-refractivity contribution in [2.45, 2.75) is 24.8 Å². The molecule has 7 nitrogen and oxygen atoms in total. The van der Waals surface area contributed by atoms with Crippen LogP contribution in [0.5, 0.6) is 5.75 Å². The van der Waals surface area contributed by atoms with Gasteiger partial charge in [-0.05, 0) is 49.6 Å². The van der Waals surface area contributed by atoms with E-state index < -0.39 is 10.0 Å². The van der Waals surface area contributed by atoms with Gasteiger partial charge >= 0.3 is 0 Å². The summed E-state index contributed by atoms with van der Waals surface area (Å²) in [7, 11) is -3.70. The number of fused-ring (bicyclic) bond motifs is 1. The third-order valence-electron chi connectivity index (χ3n) is 4.82. The Balaban J connectivity index is 1.66. The first-order chi connectivity index (χ1) is 14.8. The first-order valence-electron chi connectivity index (χ1n) is 10.0. The van der Waals surface area contributed by atoms with Crippen LogP contribution in [0.25, 0.3) is 10.1 Å². The molecule has 1 aliphatic rings. The lowest BCUT2D eigenvalue weighted by molar-refractivity contribution is 0.0730. The quantitative estimate of drug-likeness (QED) is 0.602. The molecule has 0 unspecified atom stereocenters. The number of benzene rings is 2. The molecule has 9 heteroatoms. The first-order valence-corrected chi connectivity index (χ1v) is 12.3. The second-order valence-corrected chi connectivity index (χ2v) is 10.5. The molecule has 1 fully saturated rings. The molecule has 0 atom stereocenters. The molecule has 0 spiro atoms. The van der Waals surface area contributed by atoms with Gasteiger partial charge in [0.2, 0.25) is 10.0 Å². The number of carbonyl (C=O) groups is 1. The number of hydrogen-bond acceptors (Lipinski definition) is 6. The fraction of sp³-hybridized carbons (Fsp3) is 0.318. The summed E-state index contributed by atoms with van der Waals surface area (Å²) in [6, 6.07) is 14.2. The van der Waals surface area contributed by atoms with Gasteiger partial charge in [-0.2, -0.15) is 4.31 Å². The molecule has 0 bridgehead atoms. The topological polar surface area (TPSA) is 84.9 Å². The molecular weight excluding hydrogens is 436 g/mol. The van der Waals surface area contributed by atoms with Gasteiger partial charge in [0.25, 0.3) is 5.91 Å². The van der Waals surface area contributed by atoms with Gasteiger partial charge in [0.05, 0.1) is 34.8 Å². The maximum Gasteiger partial charge on any atom is 0.265 e. The third-order valence-corrected chi connectivity index (χ3v) is 7.83. The van der Waals surface area contributed by atoms with E-state index in [-0.39, 0.29) is 16.9 Å². The van der Waals surface area contributed by atoms with Crippen LogP contribution in [0.3, 0.4) is 0 Å². The average molecular weight is 461 g/mol. The van der Waals surface area contributed by atoms with Gasteiger partial charge in [0.15, 0.2) is 0 Å². The first kappa shape index (κ1) is 21.8. The fourth-order valence-corrected chi connectivity index (χ4v) is 5.73. The lowest BCUT2D eigenvalue weighted by Gasteiger charge is -2.26. The minimum Gasteiger partial charge on any atom is -0.489 e. The molecule has 164 valence electrons. The lowest BCUT2D eigenvalue weighted by Crippen LogP contribution is -2.40. The van der Waals surface area contributed by atoms with Gasteiger partial charge in [-0.1, -0.05) is 18.2 Å². The lowest BCUT2D eigenvalue weighted by atomic mass is 10.2. The highest BCUT2D eigenvalue weighted by molar-refractivity contribution is 7.89. The molecule has 2 aromatic carbocycles. The molecule has 31 heavy (non-hydrogen) atoms. The Morgan fingerprint density at radius 3 is 2.58 bits per heavy atom. The van der Waals surface area contributed by atoms with Crippen molar-refractivity contribution < 1.29 is 22.7 Å². The number of morpholine rings is 1. The van der Waals surface area contributed by atoms with Crippen molar-refractivity contribution in [3.05, 3.63) is 53.4 Å². The smallest absolute Gasteiger partial charge is 0.265 e. The number of thiophene rings is 1. The summed E-state index contributed by atoms with van der Waals surface area (Å²) in [5, 5.41) is 3.83. The average Bonchev–Trinajstić information content (AvgIpc) is 3.19. The van der Waals surface area contributed by atoms with Crippen LogP contribution in [-0.4, -0.2) is 51.0 Å². The van der Waals surface area contributed by atoms with Gasteiger partial charge in [-0.3, -0.25) is 4.79 Å². The van der Waals surface area contributed by atoms with E-state index in [1.54, 1.807) is 6.07 Å². The second kappa shape index (κ2) is 8.96. The van der Waals surface area contributed by atoms with Crippen LogP contribution in [0, 0.1) is 0 Å². The van der Waals surface area contributed by atoms with Crippen molar-refractivity contribution in [3.63, 3.8) is 0 Å². The van der Waals surface area contributed by atoms with E-state index in [4.69, 9.17) is 9.47 Å². The summed E-state index contributed by atoms with van der Waals surface area (Å²) < 4.78 is 39.6.